The van der Waals surface area contributed by atoms with Crippen molar-refractivity contribution in [3.63, 3.8) is 0 Å². The normalized spacial score (nSPS) is 28.5. The van der Waals surface area contributed by atoms with Crippen molar-refractivity contribution in [3.8, 4) is 5.75 Å². The van der Waals surface area contributed by atoms with Gasteiger partial charge in [-0.3, -0.25) is 9.59 Å². The summed E-state index contributed by atoms with van der Waals surface area (Å²) in [6.07, 6.45) is 1.17. The maximum atomic E-state index is 12.8. The van der Waals surface area contributed by atoms with E-state index < -0.39 is 17.1 Å². The Morgan fingerprint density at radius 1 is 1.29 bits per heavy atom. The summed E-state index contributed by atoms with van der Waals surface area (Å²) in [7, 11) is 1.59. The van der Waals surface area contributed by atoms with Crippen LogP contribution in [-0.4, -0.2) is 36.8 Å². The fourth-order valence-corrected chi connectivity index (χ4v) is 3.67. The lowest BCUT2D eigenvalue weighted by atomic mass is 9.75. The van der Waals surface area contributed by atoms with Crippen LogP contribution in [0.15, 0.2) is 24.3 Å². The number of hydrogen-bond acceptors (Lipinski definition) is 5. The summed E-state index contributed by atoms with van der Waals surface area (Å²) in [5.41, 5.74) is -0.515. The fraction of sp³-hybridized carbons (Fsp3) is 0.556. The molecule has 2 heterocycles. The van der Waals surface area contributed by atoms with Crippen LogP contribution in [0, 0.1) is 5.92 Å². The lowest BCUT2D eigenvalue weighted by molar-refractivity contribution is -0.178. The number of methoxy groups -OCH3 is 1. The Balaban J connectivity index is 1.77. The Labute approximate surface area is 141 Å². The van der Waals surface area contributed by atoms with Gasteiger partial charge in [-0.25, -0.2) is 0 Å². The maximum absolute atomic E-state index is 12.8. The molecule has 3 rings (SSSR count). The van der Waals surface area contributed by atoms with E-state index in [4.69, 9.17) is 14.2 Å². The molecule has 0 aromatic heterocycles. The van der Waals surface area contributed by atoms with E-state index in [1.807, 2.05) is 13.8 Å². The summed E-state index contributed by atoms with van der Waals surface area (Å²) in [6, 6.07) is 7.10. The maximum Gasteiger partial charge on any atom is 0.307 e. The zero-order chi connectivity index (χ0) is 17.4. The largest absolute Gasteiger partial charge is 0.497 e. The van der Waals surface area contributed by atoms with Crippen molar-refractivity contribution in [2.24, 2.45) is 5.92 Å². The lowest BCUT2D eigenvalue weighted by Gasteiger charge is -2.43. The number of ether oxygens (including phenoxy) is 3. The minimum atomic E-state index is -0.768. The minimum Gasteiger partial charge on any atom is -0.497 e. The second-order valence-corrected chi connectivity index (χ2v) is 7.05. The van der Waals surface area contributed by atoms with E-state index in [1.165, 1.54) is 0 Å². The number of rotatable bonds is 3. The Morgan fingerprint density at radius 2 is 2.00 bits per heavy atom. The number of hydrogen-bond donors (Lipinski definition) is 1. The molecule has 0 saturated carbocycles. The SMILES string of the molecule is COc1ccc(NC(=O)[C@H]2CC(=O)O[C@@]23CCOC(C)(C)C3)cc1. The second-order valence-electron chi connectivity index (χ2n) is 7.05. The van der Waals surface area contributed by atoms with E-state index in [0.717, 1.165) is 5.75 Å². The van der Waals surface area contributed by atoms with Gasteiger partial charge in [-0.2, -0.15) is 0 Å². The van der Waals surface area contributed by atoms with Crippen LogP contribution in [0.4, 0.5) is 5.69 Å². The van der Waals surface area contributed by atoms with Gasteiger partial charge in [-0.15, -0.1) is 0 Å². The molecule has 2 saturated heterocycles. The number of benzene rings is 1. The highest BCUT2D eigenvalue weighted by Crippen LogP contribution is 2.46. The molecule has 1 aromatic rings. The standard InChI is InChI=1S/C18H23NO5/c1-17(2)11-18(8-9-23-17)14(10-15(20)24-18)16(21)19-12-4-6-13(22-3)7-5-12/h4-7,14H,8-11H2,1-3H3,(H,19,21)/t14-,18-/m1/s1. The number of amides is 1. The van der Waals surface area contributed by atoms with Gasteiger partial charge >= 0.3 is 5.97 Å². The molecule has 130 valence electrons. The lowest BCUT2D eigenvalue weighted by Crippen LogP contribution is -2.52. The summed E-state index contributed by atoms with van der Waals surface area (Å²) < 4.78 is 16.5. The molecular formula is C18H23NO5. The van der Waals surface area contributed by atoms with Gasteiger partial charge in [0.15, 0.2) is 0 Å². The molecule has 1 N–H and O–H groups in total. The van der Waals surface area contributed by atoms with Crippen molar-refractivity contribution in [1.82, 2.24) is 0 Å². The Hall–Kier alpha value is -2.08. The van der Waals surface area contributed by atoms with Crippen molar-refractivity contribution in [2.45, 2.75) is 44.3 Å². The number of nitrogens with one attached hydrogen (secondary N) is 1. The molecule has 0 aliphatic carbocycles. The quantitative estimate of drug-likeness (QED) is 0.861. The molecular weight excluding hydrogens is 310 g/mol. The number of carbonyl (C=O) groups is 2. The number of carbonyl (C=O) groups excluding carboxylic acids is 2. The highest BCUT2D eigenvalue weighted by Gasteiger charge is 2.56. The molecule has 6 nitrogen and oxygen atoms in total. The summed E-state index contributed by atoms with van der Waals surface area (Å²) in [6.45, 7) is 4.39. The summed E-state index contributed by atoms with van der Waals surface area (Å²) in [5.74, 6) is -0.295. The zero-order valence-corrected chi connectivity index (χ0v) is 14.3. The molecule has 2 aliphatic heterocycles. The molecule has 0 unspecified atom stereocenters. The zero-order valence-electron chi connectivity index (χ0n) is 14.3. The van der Waals surface area contributed by atoms with E-state index in [1.54, 1.807) is 31.4 Å². The molecule has 2 fully saturated rings. The van der Waals surface area contributed by atoms with Gasteiger partial charge in [-0.05, 0) is 38.1 Å². The van der Waals surface area contributed by atoms with Crippen LogP contribution in [0.3, 0.4) is 0 Å². The molecule has 1 amide bonds. The van der Waals surface area contributed by atoms with Gasteiger partial charge < -0.3 is 19.5 Å². The van der Waals surface area contributed by atoms with Crippen molar-refractivity contribution in [3.05, 3.63) is 24.3 Å². The average molecular weight is 333 g/mol. The van der Waals surface area contributed by atoms with Crippen molar-refractivity contribution in [1.29, 1.82) is 0 Å². The first-order chi connectivity index (χ1) is 11.3. The van der Waals surface area contributed by atoms with Crippen molar-refractivity contribution < 1.29 is 23.8 Å². The first-order valence-corrected chi connectivity index (χ1v) is 8.14. The van der Waals surface area contributed by atoms with Gasteiger partial charge in [0.2, 0.25) is 5.91 Å². The highest BCUT2D eigenvalue weighted by atomic mass is 16.6. The molecule has 1 aromatic carbocycles. The molecule has 6 heteroatoms. The van der Waals surface area contributed by atoms with E-state index in [2.05, 4.69) is 5.32 Å². The fourth-order valence-electron chi connectivity index (χ4n) is 3.67. The second kappa shape index (κ2) is 6.09. The molecule has 0 radical (unpaired) electrons. The molecule has 1 spiro atoms. The van der Waals surface area contributed by atoms with E-state index >= 15 is 0 Å². The predicted molar refractivity (Wildman–Crippen MR) is 87.8 cm³/mol. The highest BCUT2D eigenvalue weighted by molar-refractivity contribution is 5.97. The molecule has 2 atom stereocenters. The first-order valence-electron chi connectivity index (χ1n) is 8.14. The third-order valence-corrected chi connectivity index (χ3v) is 4.74. The van der Waals surface area contributed by atoms with Gasteiger partial charge in [0, 0.05) is 18.5 Å². The monoisotopic (exact) mass is 333 g/mol. The van der Waals surface area contributed by atoms with Crippen LogP contribution < -0.4 is 10.1 Å². The Kier molecular flexibility index (Phi) is 4.25. The minimum absolute atomic E-state index is 0.109. The number of anilines is 1. The van der Waals surface area contributed by atoms with Crippen LogP contribution in [0.5, 0.6) is 5.75 Å². The predicted octanol–water partition coefficient (Wildman–Crippen LogP) is 2.52. The third-order valence-electron chi connectivity index (χ3n) is 4.74. The number of esters is 1. The van der Waals surface area contributed by atoms with Gasteiger partial charge in [-0.1, -0.05) is 0 Å². The summed E-state index contributed by atoms with van der Waals surface area (Å²) >= 11 is 0. The van der Waals surface area contributed by atoms with Crippen molar-refractivity contribution >= 4 is 17.6 Å². The van der Waals surface area contributed by atoms with Crippen molar-refractivity contribution in [2.75, 3.05) is 19.0 Å². The van der Waals surface area contributed by atoms with E-state index in [-0.39, 0.29) is 18.3 Å². The van der Waals surface area contributed by atoms with Crippen LogP contribution in [0.2, 0.25) is 0 Å². The van der Waals surface area contributed by atoms with Gasteiger partial charge in [0.1, 0.15) is 11.4 Å². The third kappa shape index (κ3) is 3.24. The van der Waals surface area contributed by atoms with Crippen LogP contribution in [-0.2, 0) is 19.1 Å². The molecule has 2 aliphatic rings. The smallest absolute Gasteiger partial charge is 0.307 e. The Bertz CT molecular complexity index is 639. The van der Waals surface area contributed by atoms with Crippen LogP contribution >= 0.6 is 0 Å². The van der Waals surface area contributed by atoms with E-state index in [9.17, 15) is 9.59 Å². The van der Waals surface area contributed by atoms with Gasteiger partial charge in [0.05, 0.1) is 31.7 Å². The van der Waals surface area contributed by atoms with Crippen LogP contribution in [0.1, 0.15) is 33.1 Å². The molecule has 24 heavy (non-hydrogen) atoms. The first kappa shape index (κ1) is 16.8. The van der Waals surface area contributed by atoms with Crippen LogP contribution in [0.25, 0.3) is 0 Å². The topological polar surface area (TPSA) is 73.9 Å². The summed E-state index contributed by atoms with van der Waals surface area (Å²) in [5, 5.41) is 2.89. The molecule has 0 bridgehead atoms. The van der Waals surface area contributed by atoms with E-state index in [0.29, 0.717) is 25.1 Å². The summed E-state index contributed by atoms with van der Waals surface area (Å²) in [4.78, 5) is 24.7. The van der Waals surface area contributed by atoms with Gasteiger partial charge in [0.25, 0.3) is 0 Å². The Morgan fingerprint density at radius 3 is 2.62 bits per heavy atom. The average Bonchev–Trinajstić information content (AvgIpc) is 2.82.